The van der Waals surface area contributed by atoms with Crippen molar-refractivity contribution in [3.63, 3.8) is 0 Å². The molecule has 0 fully saturated rings. The summed E-state index contributed by atoms with van der Waals surface area (Å²) < 4.78 is 50.0. The standard InChI is InChI=1S/C16H14F3N7O3/c1-28-10-6-26(9-4-2-3-8(5-9)16(17,18)19)25-12(10)13(27)29-7-11-22-14(20)24-15(21)23-11/h2-6H,7H2,1H3,(H4,20,21,22,23,24). The zero-order chi connectivity index (χ0) is 21.2. The van der Waals surface area contributed by atoms with Crippen molar-refractivity contribution in [3.05, 3.63) is 47.5 Å². The minimum atomic E-state index is -4.52. The Bertz CT molecular complexity index is 1030. The first kappa shape index (κ1) is 19.9. The van der Waals surface area contributed by atoms with Gasteiger partial charge in [-0.05, 0) is 18.2 Å². The van der Waals surface area contributed by atoms with E-state index < -0.39 is 17.7 Å². The molecule has 0 spiro atoms. The quantitative estimate of drug-likeness (QED) is 0.600. The number of rotatable bonds is 5. The number of ether oxygens (including phenoxy) is 2. The van der Waals surface area contributed by atoms with Gasteiger partial charge in [0, 0.05) is 0 Å². The Kier molecular flexibility index (Phi) is 5.21. The lowest BCUT2D eigenvalue weighted by molar-refractivity contribution is -0.137. The van der Waals surface area contributed by atoms with Gasteiger partial charge in [-0.15, -0.1) is 0 Å². The van der Waals surface area contributed by atoms with Crippen LogP contribution >= 0.6 is 0 Å². The number of halogens is 3. The van der Waals surface area contributed by atoms with Gasteiger partial charge < -0.3 is 20.9 Å². The minimum absolute atomic E-state index is 0.00193. The molecule has 0 atom stereocenters. The second-order valence-corrected chi connectivity index (χ2v) is 5.58. The van der Waals surface area contributed by atoms with Gasteiger partial charge in [-0.25, -0.2) is 9.48 Å². The number of esters is 1. The second-order valence-electron chi connectivity index (χ2n) is 5.58. The molecule has 0 saturated carbocycles. The van der Waals surface area contributed by atoms with E-state index in [0.717, 1.165) is 16.8 Å². The van der Waals surface area contributed by atoms with Crippen LogP contribution in [-0.2, 0) is 17.5 Å². The Balaban J connectivity index is 1.83. The van der Waals surface area contributed by atoms with E-state index >= 15 is 0 Å². The monoisotopic (exact) mass is 409 g/mol. The second kappa shape index (κ2) is 7.61. The topological polar surface area (TPSA) is 144 Å². The number of nitrogens with two attached hydrogens (primary N) is 2. The van der Waals surface area contributed by atoms with Crippen molar-refractivity contribution < 1.29 is 27.4 Å². The Morgan fingerprint density at radius 2 is 1.86 bits per heavy atom. The largest absolute Gasteiger partial charge is 0.493 e. The zero-order valence-electron chi connectivity index (χ0n) is 14.8. The van der Waals surface area contributed by atoms with Crippen molar-refractivity contribution in [1.82, 2.24) is 24.7 Å². The predicted octanol–water partition coefficient (Wildman–Crippen LogP) is 1.61. The van der Waals surface area contributed by atoms with Gasteiger partial charge in [0.1, 0.15) is 0 Å². The van der Waals surface area contributed by atoms with Crippen molar-refractivity contribution in [3.8, 4) is 11.4 Å². The van der Waals surface area contributed by atoms with Gasteiger partial charge in [0.15, 0.2) is 18.2 Å². The molecule has 0 aliphatic rings. The normalized spacial score (nSPS) is 11.3. The van der Waals surface area contributed by atoms with Crippen molar-refractivity contribution in [2.75, 3.05) is 18.6 Å². The van der Waals surface area contributed by atoms with Gasteiger partial charge in [-0.3, -0.25) is 0 Å². The number of benzene rings is 1. The molecule has 10 nitrogen and oxygen atoms in total. The van der Waals surface area contributed by atoms with Crippen LogP contribution < -0.4 is 16.2 Å². The first-order chi connectivity index (χ1) is 13.7. The van der Waals surface area contributed by atoms with Crippen molar-refractivity contribution in [2.24, 2.45) is 0 Å². The lowest BCUT2D eigenvalue weighted by Crippen LogP contribution is -2.12. The van der Waals surface area contributed by atoms with Crippen LogP contribution in [0.4, 0.5) is 25.1 Å². The molecule has 0 amide bonds. The Hall–Kier alpha value is -3.90. The molecule has 4 N–H and O–H groups in total. The van der Waals surface area contributed by atoms with E-state index in [-0.39, 0.29) is 41.5 Å². The maximum Gasteiger partial charge on any atom is 0.416 e. The van der Waals surface area contributed by atoms with E-state index in [0.29, 0.717) is 0 Å². The molecule has 13 heteroatoms. The molecule has 0 radical (unpaired) electrons. The Labute approximate surface area is 161 Å². The fraction of sp³-hybridized carbons (Fsp3) is 0.188. The molecule has 0 saturated heterocycles. The van der Waals surface area contributed by atoms with E-state index in [1.165, 1.54) is 25.4 Å². The van der Waals surface area contributed by atoms with Gasteiger partial charge in [-0.1, -0.05) is 6.07 Å². The summed E-state index contributed by atoms with van der Waals surface area (Å²) in [4.78, 5) is 23.5. The number of alkyl halides is 3. The van der Waals surface area contributed by atoms with Crippen LogP contribution in [0.3, 0.4) is 0 Å². The van der Waals surface area contributed by atoms with E-state index in [4.69, 9.17) is 20.9 Å². The third kappa shape index (κ3) is 4.51. The van der Waals surface area contributed by atoms with E-state index in [1.54, 1.807) is 0 Å². The van der Waals surface area contributed by atoms with Crippen LogP contribution in [0.2, 0.25) is 0 Å². The number of aromatic nitrogens is 5. The molecule has 3 rings (SSSR count). The molecule has 0 bridgehead atoms. The number of anilines is 2. The van der Waals surface area contributed by atoms with Gasteiger partial charge in [0.25, 0.3) is 0 Å². The summed E-state index contributed by atoms with van der Waals surface area (Å²) in [6.45, 7) is -0.380. The van der Waals surface area contributed by atoms with Gasteiger partial charge in [-0.2, -0.15) is 33.2 Å². The smallest absolute Gasteiger partial charge is 0.416 e. The van der Waals surface area contributed by atoms with Crippen LogP contribution in [0.25, 0.3) is 5.69 Å². The highest BCUT2D eigenvalue weighted by molar-refractivity contribution is 5.90. The highest BCUT2D eigenvalue weighted by atomic mass is 19.4. The fourth-order valence-corrected chi connectivity index (χ4v) is 2.33. The van der Waals surface area contributed by atoms with E-state index in [9.17, 15) is 18.0 Å². The van der Waals surface area contributed by atoms with Gasteiger partial charge >= 0.3 is 12.1 Å². The van der Waals surface area contributed by atoms with Crippen LogP contribution in [0, 0.1) is 0 Å². The molecule has 2 heterocycles. The maximum atomic E-state index is 12.9. The molecule has 2 aromatic heterocycles. The number of nitrogen functional groups attached to an aromatic ring is 2. The molecule has 1 aromatic carbocycles. The van der Waals surface area contributed by atoms with Crippen molar-refractivity contribution in [1.29, 1.82) is 0 Å². The summed E-state index contributed by atoms with van der Waals surface area (Å²) in [6.07, 6.45) is -3.27. The molecule has 3 aromatic rings. The van der Waals surface area contributed by atoms with Crippen LogP contribution in [0.5, 0.6) is 5.75 Å². The van der Waals surface area contributed by atoms with Gasteiger partial charge in [0.2, 0.25) is 17.6 Å². The third-order valence-electron chi connectivity index (χ3n) is 3.58. The first-order valence-electron chi connectivity index (χ1n) is 7.91. The lowest BCUT2D eigenvalue weighted by atomic mass is 10.2. The van der Waals surface area contributed by atoms with Crippen LogP contribution in [0.15, 0.2) is 30.5 Å². The van der Waals surface area contributed by atoms with Crippen LogP contribution in [0.1, 0.15) is 21.9 Å². The summed E-state index contributed by atoms with van der Waals surface area (Å²) >= 11 is 0. The fourth-order valence-electron chi connectivity index (χ4n) is 2.33. The summed E-state index contributed by atoms with van der Waals surface area (Å²) in [7, 11) is 1.28. The SMILES string of the molecule is COc1cn(-c2cccc(C(F)(F)F)c2)nc1C(=O)OCc1nc(N)nc(N)n1. The summed E-state index contributed by atoms with van der Waals surface area (Å²) in [5.74, 6) is -1.18. The summed E-state index contributed by atoms with van der Waals surface area (Å²) in [6, 6.07) is 4.43. The minimum Gasteiger partial charge on any atom is -0.493 e. The van der Waals surface area contributed by atoms with E-state index in [1.807, 2.05) is 0 Å². The third-order valence-corrected chi connectivity index (χ3v) is 3.58. The average molecular weight is 409 g/mol. The average Bonchev–Trinajstić information content (AvgIpc) is 3.09. The molecular weight excluding hydrogens is 395 g/mol. The van der Waals surface area contributed by atoms with Crippen molar-refractivity contribution in [2.45, 2.75) is 12.8 Å². The first-order valence-corrected chi connectivity index (χ1v) is 7.91. The zero-order valence-corrected chi connectivity index (χ0v) is 14.8. The number of hydrogen-bond donors (Lipinski definition) is 2. The molecule has 29 heavy (non-hydrogen) atoms. The molecule has 152 valence electrons. The van der Waals surface area contributed by atoms with Crippen LogP contribution in [-0.4, -0.2) is 37.8 Å². The van der Waals surface area contributed by atoms with Gasteiger partial charge in [0.05, 0.1) is 24.6 Å². The summed E-state index contributed by atoms with van der Waals surface area (Å²) in [5, 5.41) is 3.97. The van der Waals surface area contributed by atoms with Crippen molar-refractivity contribution >= 4 is 17.9 Å². The summed E-state index contributed by atoms with van der Waals surface area (Å²) in [5.41, 5.74) is 9.84. The molecule has 0 aliphatic heterocycles. The Morgan fingerprint density at radius 3 is 2.48 bits per heavy atom. The predicted molar refractivity (Wildman–Crippen MR) is 92.9 cm³/mol. The number of carbonyl (C=O) groups excluding carboxylic acids is 1. The lowest BCUT2D eigenvalue weighted by Gasteiger charge is -2.08. The number of nitrogens with zero attached hydrogens (tertiary/aromatic N) is 5. The molecule has 0 unspecified atom stereocenters. The maximum absolute atomic E-state index is 12.9. The Morgan fingerprint density at radius 1 is 1.17 bits per heavy atom. The number of methoxy groups -OCH3 is 1. The molecular formula is C16H14F3N7O3. The molecule has 0 aliphatic carbocycles. The highest BCUT2D eigenvalue weighted by Crippen LogP contribution is 2.30. The number of hydrogen-bond acceptors (Lipinski definition) is 9. The highest BCUT2D eigenvalue weighted by Gasteiger charge is 2.31. The van der Waals surface area contributed by atoms with E-state index in [2.05, 4.69) is 20.1 Å². The number of carbonyl (C=O) groups is 1.